The normalized spacial score (nSPS) is 16.9. The van der Waals surface area contributed by atoms with Crippen molar-refractivity contribution in [3.8, 4) is 17.0 Å². The molecule has 0 spiro atoms. The number of nitrogens with two attached hydrogens (primary N) is 1. The Balaban J connectivity index is 1.24. The SMILES string of the molecule is CC(=O)N1CCC(CN2CCC(n3cc(NC(=O)c4c(N)nn5cccnc45)c(-c4cc(Cl)ccc4OC(F)F)n3)CC2)CC1. The summed E-state index contributed by atoms with van der Waals surface area (Å²) in [4.78, 5) is 33.8. The van der Waals surface area contributed by atoms with Crippen LogP contribution in [0.2, 0.25) is 5.02 Å². The number of ether oxygens (including phenoxy) is 1. The maximum absolute atomic E-state index is 13.6. The Hall–Kier alpha value is -4.30. The summed E-state index contributed by atoms with van der Waals surface area (Å²) < 4.78 is 34.7. The lowest BCUT2D eigenvalue weighted by atomic mass is 9.94. The van der Waals surface area contributed by atoms with Crippen molar-refractivity contribution in [2.75, 3.05) is 43.8 Å². The molecule has 45 heavy (non-hydrogen) atoms. The van der Waals surface area contributed by atoms with Gasteiger partial charge in [0.15, 0.2) is 11.5 Å². The number of halogens is 3. The van der Waals surface area contributed by atoms with Gasteiger partial charge in [-0.15, -0.1) is 5.10 Å². The largest absolute Gasteiger partial charge is 0.434 e. The first-order chi connectivity index (χ1) is 21.7. The quantitative estimate of drug-likeness (QED) is 0.286. The lowest BCUT2D eigenvalue weighted by Crippen LogP contribution is -2.43. The fourth-order valence-electron chi connectivity index (χ4n) is 6.22. The molecule has 6 rings (SSSR count). The molecular weight excluding hydrogens is 608 g/mol. The number of anilines is 2. The first kappa shape index (κ1) is 30.7. The van der Waals surface area contributed by atoms with Crippen LogP contribution in [-0.4, -0.2) is 85.3 Å². The maximum Gasteiger partial charge on any atom is 0.387 e. The van der Waals surface area contributed by atoms with Gasteiger partial charge in [-0.05, 0) is 55.9 Å². The summed E-state index contributed by atoms with van der Waals surface area (Å²) in [5, 5.41) is 12.1. The van der Waals surface area contributed by atoms with Gasteiger partial charge in [-0.25, -0.2) is 9.50 Å². The molecule has 15 heteroatoms. The second-order valence-corrected chi connectivity index (χ2v) is 11.9. The molecule has 0 unspecified atom stereocenters. The number of aromatic nitrogens is 5. The molecule has 3 aromatic heterocycles. The van der Waals surface area contributed by atoms with Crippen LogP contribution in [0.25, 0.3) is 16.9 Å². The number of hydrogen-bond acceptors (Lipinski definition) is 8. The second kappa shape index (κ2) is 13.0. The van der Waals surface area contributed by atoms with E-state index < -0.39 is 12.5 Å². The molecule has 2 saturated heterocycles. The van der Waals surface area contributed by atoms with Crippen LogP contribution in [0.3, 0.4) is 0 Å². The first-order valence-corrected chi connectivity index (χ1v) is 15.3. The van der Waals surface area contributed by atoms with Gasteiger partial charge in [0, 0.05) is 68.8 Å². The molecule has 2 aliphatic heterocycles. The third-order valence-corrected chi connectivity index (χ3v) is 8.78. The highest BCUT2D eigenvalue weighted by atomic mass is 35.5. The van der Waals surface area contributed by atoms with Gasteiger partial charge >= 0.3 is 6.61 Å². The van der Waals surface area contributed by atoms with Crippen LogP contribution in [0.4, 0.5) is 20.3 Å². The molecule has 12 nitrogen and oxygen atoms in total. The summed E-state index contributed by atoms with van der Waals surface area (Å²) in [6, 6.07) is 5.94. The van der Waals surface area contributed by atoms with Gasteiger partial charge in [0.25, 0.3) is 5.91 Å². The number of carbonyl (C=O) groups excluding carboxylic acids is 2. The first-order valence-electron chi connectivity index (χ1n) is 14.9. The van der Waals surface area contributed by atoms with Gasteiger partial charge in [-0.3, -0.25) is 14.3 Å². The minimum atomic E-state index is -3.08. The van der Waals surface area contributed by atoms with Crippen LogP contribution >= 0.6 is 11.6 Å². The van der Waals surface area contributed by atoms with E-state index >= 15 is 0 Å². The number of amides is 2. The summed E-state index contributed by atoms with van der Waals surface area (Å²) in [6.07, 6.45) is 8.47. The molecule has 0 bridgehead atoms. The minimum Gasteiger partial charge on any atom is -0.434 e. The zero-order valence-corrected chi connectivity index (χ0v) is 25.5. The van der Waals surface area contributed by atoms with Gasteiger partial charge in [-0.1, -0.05) is 11.6 Å². The number of benzene rings is 1. The fraction of sp³-hybridized carbons (Fsp3) is 0.433. The summed E-state index contributed by atoms with van der Waals surface area (Å²) in [6.45, 7) is 2.85. The van der Waals surface area contributed by atoms with E-state index in [0.29, 0.717) is 5.92 Å². The zero-order valence-electron chi connectivity index (χ0n) is 24.7. The van der Waals surface area contributed by atoms with Crippen LogP contribution < -0.4 is 15.8 Å². The highest BCUT2D eigenvalue weighted by molar-refractivity contribution is 6.31. The fourth-order valence-corrected chi connectivity index (χ4v) is 6.40. The molecule has 0 atom stereocenters. The van der Waals surface area contributed by atoms with E-state index in [1.165, 1.54) is 28.9 Å². The predicted molar refractivity (Wildman–Crippen MR) is 164 cm³/mol. The average molecular weight is 642 g/mol. The molecule has 238 valence electrons. The molecule has 0 saturated carbocycles. The van der Waals surface area contributed by atoms with Crippen molar-refractivity contribution in [3.05, 3.63) is 53.4 Å². The van der Waals surface area contributed by atoms with Crippen LogP contribution in [0, 0.1) is 5.92 Å². The molecule has 5 heterocycles. The second-order valence-electron chi connectivity index (χ2n) is 11.5. The van der Waals surface area contributed by atoms with E-state index in [1.807, 2.05) is 4.90 Å². The van der Waals surface area contributed by atoms with Crippen molar-refractivity contribution in [1.82, 2.24) is 34.2 Å². The van der Waals surface area contributed by atoms with Gasteiger partial charge in [0.2, 0.25) is 5.91 Å². The maximum atomic E-state index is 13.6. The Labute approximate surface area is 263 Å². The van der Waals surface area contributed by atoms with E-state index in [2.05, 4.69) is 20.3 Å². The number of alkyl halides is 2. The third-order valence-electron chi connectivity index (χ3n) is 8.55. The van der Waals surface area contributed by atoms with Crippen LogP contribution in [0.1, 0.15) is 49.0 Å². The van der Waals surface area contributed by atoms with Crippen molar-refractivity contribution in [3.63, 3.8) is 0 Å². The Kier molecular flexibility index (Phi) is 8.85. The Morgan fingerprint density at radius 1 is 1.13 bits per heavy atom. The number of nitrogens with one attached hydrogen (secondary N) is 1. The van der Waals surface area contributed by atoms with E-state index in [1.54, 1.807) is 30.1 Å². The number of fused-ring (bicyclic) bond motifs is 1. The van der Waals surface area contributed by atoms with Gasteiger partial charge in [-0.2, -0.15) is 13.9 Å². The van der Waals surface area contributed by atoms with Crippen molar-refractivity contribution < 1.29 is 23.1 Å². The van der Waals surface area contributed by atoms with Crippen molar-refractivity contribution in [2.24, 2.45) is 5.92 Å². The summed E-state index contributed by atoms with van der Waals surface area (Å²) in [5.74, 6) is -0.0333. The Morgan fingerprint density at radius 2 is 1.89 bits per heavy atom. The standard InChI is InChI=1S/C30H34ClF2N9O3/c1-18(43)40-13-5-19(6-14-40)16-39-11-7-21(8-12-39)42-17-23(26(37-42)22-15-20(31)3-4-24(22)45-30(32)33)36-29(44)25-27(34)38-41-10-2-9-35-28(25)41/h2-4,9-10,15,17,19,21,30H,5-8,11-14,16H2,1H3,(H2,34,38)(H,36,44). The molecule has 2 aliphatic rings. The van der Waals surface area contributed by atoms with Gasteiger partial charge in [0.05, 0.1) is 11.7 Å². The van der Waals surface area contributed by atoms with Crippen molar-refractivity contribution >= 4 is 40.6 Å². The number of carbonyl (C=O) groups is 2. The molecule has 4 aromatic rings. The smallest absolute Gasteiger partial charge is 0.387 e. The van der Waals surface area contributed by atoms with Crippen molar-refractivity contribution in [2.45, 2.75) is 45.3 Å². The Bertz CT molecular complexity index is 1700. The lowest BCUT2D eigenvalue weighted by Gasteiger charge is -2.37. The minimum absolute atomic E-state index is 0.00702. The molecule has 0 aliphatic carbocycles. The molecule has 1 aromatic carbocycles. The van der Waals surface area contributed by atoms with Crippen LogP contribution in [-0.2, 0) is 4.79 Å². The highest BCUT2D eigenvalue weighted by Crippen LogP contribution is 2.39. The summed E-state index contributed by atoms with van der Waals surface area (Å²) in [5.41, 5.74) is 7.13. The van der Waals surface area contributed by atoms with Crippen LogP contribution in [0.15, 0.2) is 42.9 Å². The predicted octanol–water partition coefficient (Wildman–Crippen LogP) is 4.58. The van der Waals surface area contributed by atoms with E-state index in [9.17, 15) is 18.4 Å². The molecular formula is C30H34ClF2N9O3. The van der Waals surface area contributed by atoms with Gasteiger partial charge in [0.1, 0.15) is 17.0 Å². The average Bonchev–Trinajstić information content (AvgIpc) is 3.58. The summed E-state index contributed by atoms with van der Waals surface area (Å²) in [7, 11) is 0. The number of nitrogen functional groups attached to an aromatic ring is 1. The monoisotopic (exact) mass is 641 g/mol. The highest BCUT2D eigenvalue weighted by Gasteiger charge is 2.29. The number of piperidine rings is 2. The lowest BCUT2D eigenvalue weighted by molar-refractivity contribution is -0.130. The molecule has 2 fully saturated rings. The third kappa shape index (κ3) is 6.71. The molecule has 0 radical (unpaired) electrons. The number of rotatable bonds is 8. The molecule has 3 N–H and O–H groups in total. The number of hydrogen-bond donors (Lipinski definition) is 2. The molecule has 2 amide bonds. The van der Waals surface area contributed by atoms with Crippen LogP contribution in [0.5, 0.6) is 5.75 Å². The van der Waals surface area contributed by atoms with E-state index in [-0.39, 0.29) is 56.7 Å². The zero-order chi connectivity index (χ0) is 31.7. The van der Waals surface area contributed by atoms with E-state index in [4.69, 9.17) is 27.2 Å². The van der Waals surface area contributed by atoms with Gasteiger partial charge < -0.3 is 25.6 Å². The van der Waals surface area contributed by atoms with E-state index in [0.717, 1.165) is 58.4 Å². The number of likely N-dealkylation sites (tertiary alicyclic amines) is 2. The Morgan fingerprint density at radius 3 is 2.60 bits per heavy atom. The topological polar surface area (TPSA) is 136 Å². The van der Waals surface area contributed by atoms with Crippen molar-refractivity contribution in [1.29, 1.82) is 0 Å². The summed E-state index contributed by atoms with van der Waals surface area (Å²) >= 11 is 6.28. The number of nitrogens with zero attached hydrogens (tertiary/aromatic N) is 7.